The summed E-state index contributed by atoms with van der Waals surface area (Å²) in [7, 11) is 0. The van der Waals surface area contributed by atoms with E-state index in [0.717, 1.165) is 15.6 Å². The lowest BCUT2D eigenvalue weighted by Gasteiger charge is -2.13. The first-order chi connectivity index (χ1) is 13.4. The third-order valence-corrected chi connectivity index (χ3v) is 4.86. The molecule has 0 aliphatic heterocycles. The first-order valence-corrected chi connectivity index (χ1v) is 9.51. The molecule has 0 saturated carbocycles. The molecule has 8 nitrogen and oxygen atoms in total. The van der Waals surface area contributed by atoms with Gasteiger partial charge in [-0.3, -0.25) is 14.0 Å². The molecule has 0 unspecified atom stereocenters. The van der Waals surface area contributed by atoms with Gasteiger partial charge in [-0.25, -0.2) is 4.68 Å². The molecule has 0 fully saturated rings. The van der Waals surface area contributed by atoms with E-state index in [1.165, 1.54) is 4.68 Å². The monoisotopic (exact) mass is 440 g/mol. The highest BCUT2D eigenvalue weighted by Crippen LogP contribution is 2.24. The lowest BCUT2D eigenvalue weighted by atomic mass is 10.0. The SMILES string of the molecule is CC(C)c1nn(CC(=O)Nc2ccc3nncn3c2)c(=O)c2ccc(Br)cc12. The van der Waals surface area contributed by atoms with Crippen LogP contribution in [0.2, 0.25) is 0 Å². The number of hydrogen-bond donors (Lipinski definition) is 1. The lowest BCUT2D eigenvalue weighted by molar-refractivity contribution is -0.117. The van der Waals surface area contributed by atoms with Crippen LogP contribution in [0.3, 0.4) is 0 Å². The molecule has 9 heteroatoms. The number of benzene rings is 1. The van der Waals surface area contributed by atoms with Gasteiger partial charge in [-0.1, -0.05) is 29.8 Å². The molecular weight excluding hydrogens is 424 g/mol. The highest BCUT2D eigenvalue weighted by atomic mass is 79.9. The number of carbonyl (C=O) groups is 1. The smallest absolute Gasteiger partial charge is 0.275 e. The normalized spacial score (nSPS) is 11.4. The summed E-state index contributed by atoms with van der Waals surface area (Å²) in [6.07, 6.45) is 3.26. The molecule has 1 amide bonds. The van der Waals surface area contributed by atoms with Crippen molar-refractivity contribution in [3.8, 4) is 0 Å². The second-order valence-electron chi connectivity index (χ2n) is 6.76. The van der Waals surface area contributed by atoms with Crippen LogP contribution in [0, 0.1) is 0 Å². The number of amides is 1. The highest BCUT2D eigenvalue weighted by Gasteiger charge is 2.15. The van der Waals surface area contributed by atoms with Gasteiger partial charge in [0.15, 0.2) is 5.65 Å². The van der Waals surface area contributed by atoms with E-state index in [-0.39, 0.29) is 23.9 Å². The largest absolute Gasteiger partial charge is 0.323 e. The molecule has 0 bridgehead atoms. The number of nitrogens with one attached hydrogen (secondary N) is 1. The second-order valence-corrected chi connectivity index (χ2v) is 7.67. The summed E-state index contributed by atoms with van der Waals surface area (Å²) in [5, 5.41) is 16.3. The number of fused-ring (bicyclic) bond motifs is 2. The fourth-order valence-corrected chi connectivity index (χ4v) is 3.42. The molecule has 0 radical (unpaired) electrons. The van der Waals surface area contributed by atoms with E-state index in [4.69, 9.17) is 0 Å². The minimum atomic E-state index is -0.340. The average molecular weight is 441 g/mol. The van der Waals surface area contributed by atoms with Crippen molar-refractivity contribution in [1.29, 1.82) is 0 Å². The van der Waals surface area contributed by atoms with Crippen molar-refractivity contribution in [1.82, 2.24) is 24.4 Å². The number of halogens is 1. The number of hydrogen-bond acceptors (Lipinski definition) is 5. The van der Waals surface area contributed by atoms with Gasteiger partial charge in [0, 0.05) is 16.1 Å². The average Bonchev–Trinajstić information content (AvgIpc) is 3.11. The standard InChI is InChI=1S/C19H17BrN6O2/c1-11(2)18-15-7-12(20)3-5-14(15)19(28)26(24-18)9-17(27)22-13-4-6-16-23-21-10-25(16)8-13/h3-8,10-11H,9H2,1-2H3,(H,22,27). The molecule has 3 aromatic heterocycles. The molecule has 3 heterocycles. The Morgan fingerprint density at radius 1 is 1.21 bits per heavy atom. The van der Waals surface area contributed by atoms with Gasteiger partial charge in [0.05, 0.1) is 16.8 Å². The van der Waals surface area contributed by atoms with Gasteiger partial charge < -0.3 is 5.32 Å². The number of anilines is 1. The predicted molar refractivity (Wildman–Crippen MR) is 109 cm³/mol. The molecule has 0 aliphatic rings. The van der Waals surface area contributed by atoms with Gasteiger partial charge >= 0.3 is 0 Å². The van der Waals surface area contributed by atoms with Crippen molar-refractivity contribution in [2.24, 2.45) is 0 Å². The van der Waals surface area contributed by atoms with E-state index in [1.807, 2.05) is 26.0 Å². The van der Waals surface area contributed by atoms with Crippen LogP contribution in [0.15, 0.2) is 52.1 Å². The molecule has 142 valence electrons. The summed E-state index contributed by atoms with van der Waals surface area (Å²) in [6, 6.07) is 8.93. The second kappa shape index (κ2) is 7.16. The predicted octanol–water partition coefficient (Wildman–Crippen LogP) is 2.96. The fraction of sp³-hybridized carbons (Fsp3) is 0.211. The van der Waals surface area contributed by atoms with Crippen molar-refractivity contribution in [3.05, 3.63) is 63.4 Å². The van der Waals surface area contributed by atoms with Crippen LogP contribution in [-0.2, 0) is 11.3 Å². The Balaban J connectivity index is 1.66. The van der Waals surface area contributed by atoms with Crippen LogP contribution >= 0.6 is 15.9 Å². The first-order valence-electron chi connectivity index (χ1n) is 8.72. The summed E-state index contributed by atoms with van der Waals surface area (Å²) < 4.78 is 3.80. The molecule has 0 atom stereocenters. The van der Waals surface area contributed by atoms with Crippen LogP contribution in [0.5, 0.6) is 0 Å². The zero-order chi connectivity index (χ0) is 19.8. The third kappa shape index (κ3) is 3.40. The molecule has 1 aromatic carbocycles. The quantitative estimate of drug-likeness (QED) is 0.526. The van der Waals surface area contributed by atoms with Crippen molar-refractivity contribution in [3.63, 3.8) is 0 Å². The van der Waals surface area contributed by atoms with Gasteiger partial charge in [0.1, 0.15) is 12.9 Å². The maximum Gasteiger partial charge on any atom is 0.275 e. The highest BCUT2D eigenvalue weighted by molar-refractivity contribution is 9.10. The molecule has 0 spiro atoms. The van der Waals surface area contributed by atoms with Crippen molar-refractivity contribution < 1.29 is 4.79 Å². The maximum atomic E-state index is 12.8. The summed E-state index contributed by atoms with van der Waals surface area (Å²) >= 11 is 3.44. The van der Waals surface area contributed by atoms with E-state index in [9.17, 15) is 9.59 Å². The van der Waals surface area contributed by atoms with Crippen molar-refractivity contribution >= 4 is 43.9 Å². The van der Waals surface area contributed by atoms with E-state index in [1.54, 1.807) is 35.1 Å². The van der Waals surface area contributed by atoms with Crippen molar-refractivity contribution in [2.45, 2.75) is 26.3 Å². The summed E-state index contributed by atoms with van der Waals surface area (Å²) in [5.74, 6) is -0.240. The third-order valence-electron chi connectivity index (χ3n) is 4.37. The van der Waals surface area contributed by atoms with Crippen LogP contribution in [0.25, 0.3) is 16.4 Å². The molecule has 1 N–H and O–H groups in total. The van der Waals surface area contributed by atoms with Crippen LogP contribution < -0.4 is 10.9 Å². The number of carbonyl (C=O) groups excluding carboxylic acids is 1. The van der Waals surface area contributed by atoms with E-state index in [0.29, 0.717) is 16.7 Å². The van der Waals surface area contributed by atoms with E-state index < -0.39 is 0 Å². The molecule has 4 rings (SSSR count). The molecule has 28 heavy (non-hydrogen) atoms. The summed E-state index contributed by atoms with van der Waals surface area (Å²) in [4.78, 5) is 25.3. The maximum absolute atomic E-state index is 12.8. The summed E-state index contributed by atoms with van der Waals surface area (Å²) in [6.45, 7) is 3.84. The number of nitrogens with zero attached hydrogens (tertiary/aromatic N) is 5. The summed E-state index contributed by atoms with van der Waals surface area (Å²) in [5.41, 5.74) is 1.74. The van der Waals surface area contributed by atoms with E-state index in [2.05, 4.69) is 36.5 Å². The molecule has 0 aliphatic carbocycles. The zero-order valence-electron chi connectivity index (χ0n) is 15.3. The number of rotatable bonds is 4. The van der Waals surface area contributed by atoms with Crippen LogP contribution in [-0.4, -0.2) is 30.3 Å². The molecular formula is C19H17BrN6O2. The Bertz CT molecular complexity index is 1260. The van der Waals surface area contributed by atoms with Crippen molar-refractivity contribution in [2.75, 3.05) is 5.32 Å². The minimum Gasteiger partial charge on any atom is -0.323 e. The Kier molecular flexibility index (Phi) is 4.68. The Morgan fingerprint density at radius 2 is 2.04 bits per heavy atom. The van der Waals surface area contributed by atoms with Gasteiger partial charge in [-0.15, -0.1) is 10.2 Å². The van der Waals surface area contributed by atoms with Crippen LogP contribution in [0.1, 0.15) is 25.5 Å². The Labute approximate surface area is 168 Å². The Hall–Kier alpha value is -3.07. The lowest BCUT2D eigenvalue weighted by Crippen LogP contribution is -2.31. The molecule has 4 aromatic rings. The van der Waals surface area contributed by atoms with Crippen LogP contribution in [0.4, 0.5) is 5.69 Å². The first kappa shape index (κ1) is 18.3. The minimum absolute atomic E-state index is 0.0999. The van der Waals surface area contributed by atoms with Gasteiger partial charge in [-0.05, 0) is 36.2 Å². The molecule has 0 saturated heterocycles. The van der Waals surface area contributed by atoms with E-state index >= 15 is 0 Å². The number of aromatic nitrogens is 5. The number of pyridine rings is 1. The van der Waals surface area contributed by atoms with Gasteiger partial charge in [0.2, 0.25) is 5.91 Å². The van der Waals surface area contributed by atoms with Gasteiger partial charge in [0.25, 0.3) is 5.56 Å². The Morgan fingerprint density at radius 3 is 2.82 bits per heavy atom. The topological polar surface area (TPSA) is 94.2 Å². The van der Waals surface area contributed by atoms with Gasteiger partial charge in [-0.2, -0.15) is 5.10 Å². The fourth-order valence-electron chi connectivity index (χ4n) is 3.05. The zero-order valence-corrected chi connectivity index (χ0v) is 16.8.